The van der Waals surface area contributed by atoms with Gasteiger partial charge in [-0.2, -0.15) is 5.26 Å². The van der Waals surface area contributed by atoms with Crippen LogP contribution in [0.1, 0.15) is 24.8 Å². The lowest BCUT2D eigenvalue weighted by Gasteiger charge is -2.09. The minimum atomic E-state index is -0.273. The van der Waals surface area contributed by atoms with Gasteiger partial charge in [0.15, 0.2) is 0 Å². The molecular weight excluding hydrogens is 278 g/mol. The molecule has 0 saturated heterocycles. The van der Waals surface area contributed by atoms with Crippen LogP contribution in [0.25, 0.3) is 5.57 Å². The molecule has 0 saturated carbocycles. The molecule has 1 rings (SSSR count). The van der Waals surface area contributed by atoms with Crippen molar-refractivity contribution in [3.8, 4) is 6.07 Å². The van der Waals surface area contributed by atoms with Gasteiger partial charge in [-0.25, -0.2) is 0 Å². The second kappa shape index (κ2) is 8.23. The monoisotopic (exact) mass is 293 g/mol. The van der Waals surface area contributed by atoms with E-state index in [0.717, 1.165) is 5.56 Å². The molecule has 106 valence electrons. The van der Waals surface area contributed by atoms with Crippen LogP contribution in [0.4, 0.5) is 0 Å². The van der Waals surface area contributed by atoms with Crippen molar-refractivity contribution in [2.75, 3.05) is 14.2 Å². The van der Waals surface area contributed by atoms with Crippen LogP contribution in [-0.4, -0.2) is 20.2 Å². The van der Waals surface area contributed by atoms with Gasteiger partial charge in [0.2, 0.25) is 0 Å². The Labute approximate surface area is 123 Å². The molecule has 0 bridgehead atoms. The maximum atomic E-state index is 11.1. The van der Waals surface area contributed by atoms with Gasteiger partial charge in [0.25, 0.3) is 0 Å². The van der Waals surface area contributed by atoms with Gasteiger partial charge in [0, 0.05) is 17.9 Å². The Hall–Kier alpha value is -1.99. The number of rotatable bonds is 6. The van der Waals surface area contributed by atoms with Crippen molar-refractivity contribution in [3.05, 3.63) is 40.6 Å². The molecule has 1 aromatic carbocycles. The van der Waals surface area contributed by atoms with Crippen LogP contribution in [0.2, 0.25) is 5.02 Å². The first kappa shape index (κ1) is 16.1. The van der Waals surface area contributed by atoms with Gasteiger partial charge < -0.3 is 9.47 Å². The number of methoxy groups -OCH3 is 2. The Kier molecular flexibility index (Phi) is 6.61. The van der Waals surface area contributed by atoms with Gasteiger partial charge in [0.05, 0.1) is 19.8 Å². The van der Waals surface area contributed by atoms with E-state index in [4.69, 9.17) is 16.3 Å². The van der Waals surface area contributed by atoms with E-state index in [-0.39, 0.29) is 5.97 Å². The highest BCUT2D eigenvalue weighted by atomic mass is 35.5. The molecule has 0 amide bonds. The van der Waals surface area contributed by atoms with E-state index in [1.807, 2.05) is 0 Å². The summed E-state index contributed by atoms with van der Waals surface area (Å²) >= 11 is 5.83. The van der Waals surface area contributed by atoms with Crippen LogP contribution in [0.5, 0.6) is 0 Å². The summed E-state index contributed by atoms with van der Waals surface area (Å²) in [7, 11) is 2.87. The van der Waals surface area contributed by atoms with Crippen LogP contribution < -0.4 is 0 Å². The molecule has 0 aliphatic carbocycles. The summed E-state index contributed by atoms with van der Waals surface area (Å²) in [5.41, 5.74) is 1.20. The summed E-state index contributed by atoms with van der Waals surface area (Å²) in [6, 6.07) is 9.10. The summed E-state index contributed by atoms with van der Waals surface area (Å²) in [5.74, 6) is 0.282. The topological polar surface area (TPSA) is 59.3 Å². The Morgan fingerprint density at radius 2 is 1.85 bits per heavy atom. The molecule has 0 aliphatic rings. The zero-order valence-electron chi connectivity index (χ0n) is 11.5. The number of hydrogen-bond donors (Lipinski definition) is 0. The normalized spacial score (nSPS) is 11.3. The summed E-state index contributed by atoms with van der Waals surface area (Å²) in [6.45, 7) is 0. The lowest BCUT2D eigenvalue weighted by Crippen LogP contribution is -2.01. The number of nitrogens with zero attached hydrogens (tertiary/aromatic N) is 1. The molecule has 0 atom stereocenters. The smallest absolute Gasteiger partial charge is 0.305 e. The number of halogens is 1. The number of hydrogen-bond acceptors (Lipinski definition) is 4. The fourth-order valence-electron chi connectivity index (χ4n) is 1.73. The predicted octanol–water partition coefficient (Wildman–Crippen LogP) is 3.56. The summed E-state index contributed by atoms with van der Waals surface area (Å²) < 4.78 is 9.85. The van der Waals surface area contributed by atoms with Gasteiger partial charge >= 0.3 is 5.97 Å². The number of ether oxygens (including phenoxy) is 2. The Bertz CT molecular complexity index is 529. The zero-order chi connectivity index (χ0) is 15.0. The van der Waals surface area contributed by atoms with Gasteiger partial charge in [-0.05, 0) is 24.1 Å². The van der Waals surface area contributed by atoms with Crippen molar-refractivity contribution in [3.63, 3.8) is 0 Å². The van der Waals surface area contributed by atoms with E-state index < -0.39 is 0 Å². The third-order valence-corrected chi connectivity index (χ3v) is 3.03. The minimum absolute atomic E-state index is 0.273. The number of carbonyl (C=O) groups excluding carboxylic acids is 1. The largest absolute Gasteiger partial charge is 0.500 e. The Morgan fingerprint density at radius 3 is 2.35 bits per heavy atom. The molecule has 0 fully saturated rings. The molecular formula is C15H16ClNO3. The molecule has 0 aliphatic heterocycles. The fourth-order valence-corrected chi connectivity index (χ4v) is 1.85. The van der Waals surface area contributed by atoms with E-state index in [9.17, 15) is 10.1 Å². The maximum absolute atomic E-state index is 11.1. The number of benzene rings is 1. The molecule has 0 spiro atoms. The minimum Gasteiger partial charge on any atom is -0.500 e. The maximum Gasteiger partial charge on any atom is 0.305 e. The molecule has 0 unspecified atom stereocenters. The second-order valence-corrected chi connectivity index (χ2v) is 4.49. The van der Waals surface area contributed by atoms with E-state index in [1.54, 1.807) is 24.3 Å². The summed E-state index contributed by atoms with van der Waals surface area (Å²) in [5, 5.41) is 9.90. The van der Waals surface area contributed by atoms with E-state index in [2.05, 4.69) is 10.8 Å². The molecule has 0 N–H and O–H groups in total. The van der Waals surface area contributed by atoms with Crippen LogP contribution in [0.15, 0.2) is 30.0 Å². The van der Waals surface area contributed by atoms with Crippen molar-refractivity contribution in [2.45, 2.75) is 19.3 Å². The average molecular weight is 294 g/mol. The van der Waals surface area contributed by atoms with Gasteiger partial charge in [-0.15, -0.1) is 0 Å². The van der Waals surface area contributed by atoms with Gasteiger partial charge in [0.1, 0.15) is 11.8 Å². The molecule has 0 radical (unpaired) electrons. The van der Waals surface area contributed by atoms with Crippen molar-refractivity contribution in [1.29, 1.82) is 5.26 Å². The lowest BCUT2D eigenvalue weighted by molar-refractivity contribution is -0.140. The zero-order valence-corrected chi connectivity index (χ0v) is 12.2. The summed E-state index contributed by atoms with van der Waals surface area (Å²) in [6.07, 6.45) is 1.36. The number of carbonyl (C=O) groups is 1. The van der Waals surface area contributed by atoms with E-state index >= 15 is 0 Å². The van der Waals surface area contributed by atoms with Crippen molar-refractivity contribution < 1.29 is 14.3 Å². The summed E-state index contributed by atoms with van der Waals surface area (Å²) in [4.78, 5) is 11.1. The Balaban J connectivity index is 2.87. The Morgan fingerprint density at radius 1 is 1.20 bits per heavy atom. The lowest BCUT2D eigenvalue weighted by atomic mass is 10.0. The van der Waals surface area contributed by atoms with E-state index in [1.165, 1.54) is 14.2 Å². The standard InChI is InChI=1S/C15H16ClNO3/c1-19-14(4-3-5-15(18)20-2)13(10-17)11-6-8-12(16)9-7-11/h6-9H,3-5H2,1-2H3/b14-13+. The van der Waals surface area contributed by atoms with Crippen LogP contribution in [0, 0.1) is 11.3 Å². The van der Waals surface area contributed by atoms with Crippen LogP contribution >= 0.6 is 11.6 Å². The number of nitriles is 1. The molecule has 5 heteroatoms. The third-order valence-electron chi connectivity index (χ3n) is 2.78. The van der Waals surface area contributed by atoms with Crippen LogP contribution in [0.3, 0.4) is 0 Å². The third kappa shape index (κ3) is 4.60. The first-order valence-electron chi connectivity index (χ1n) is 6.12. The predicted molar refractivity (Wildman–Crippen MR) is 76.9 cm³/mol. The molecule has 0 heterocycles. The number of esters is 1. The first-order valence-corrected chi connectivity index (χ1v) is 6.50. The average Bonchev–Trinajstić information content (AvgIpc) is 2.47. The molecule has 20 heavy (non-hydrogen) atoms. The SMILES string of the molecule is COC(=O)CCC/C(OC)=C(/C#N)c1ccc(Cl)cc1. The van der Waals surface area contributed by atoms with Gasteiger partial charge in [-0.1, -0.05) is 23.7 Å². The van der Waals surface area contributed by atoms with Crippen molar-refractivity contribution in [1.82, 2.24) is 0 Å². The molecule has 4 nitrogen and oxygen atoms in total. The molecule has 0 aromatic heterocycles. The first-order chi connectivity index (χ1) is 9.62. The second-order valence-electron chi connectivity index (χ2n) is 4.05. The van der Waals surface area contributed by atoms with Crippen LogP contribution in [-0.2, 0) is 14.3 Å². The van der Waals surface area contributed by atoms with E-state index in [0.29, 0.717) is 35.6 Å². The number of allylic oxidation sites excluding steroid dienone is 2. The highest BCUT2D eigenvalue weighted by molar-refractivity contribution is 6.30. The molecule has 1 aromatic rings. The quantitative estimate of drug-likeness (QED) is 0.457. The van der Waals surface area contributed by atoms with Crippen molar-refractivity contribution >= 4 is 23.1 Å². The van der Waals surface area contributed by atoms with Crippen molar-refractivity contribution in [2.24, 2.45) is 0 Å². The highest BCUT2D eigenvalue weighted by Crippen LogP contribution is 2.24. The van der Waals surface area contributed by atoms with Gasteiger partial charge in [-0.3, -0.25) is 4.79 Å². The highest BCUT2D eigenvalue weighted by Gasteiger charge is 2.11. The fraction of sp³-hybridized carbons (Fsp3) is 0.333.